The normalized spacial score (nSPS) is 12.0. The highest BCUT2D eigenvalue weighted by Crippen LogP contribution is 2.31. The van der Waals surface area contributed by atoms with Crippen LogP contribution in [0.3, 0.4) is 0 Å². The van der Waals surface area contributed by atoms with Crippen molar-refractivity contribution in [3.8, 4) is 0 Å². The van der Waals surface area contributed by atoms with Gasteiger partial charge in [0.1, 0.15) is 5.69 Å². The van der Waals surface area contributed by atoms with Gasteiger partial charge in [0.05, 0.1) is 5.52 Å². The largest absolute Gasteiger partial charge is 0.432 e. The zero-order valence-electron chi connectivity index (χ0n) is 7.60. The first-order valence-corrected chi connectivity index (χ1v) is 5.22. The standard InChI is InChI=1S/C9H4F3IN2O/c10-9(11,12)7-5-2-1-4(13)3-6(5)14-8(16)15-7/h1-3H,(H,14,15,16). The van der Waals surface area contributed by atoms with Crippen LogP contribution in [0.1, 0.15) is 5.69 Å². The van der Waals surface area contributed by atoms with Crippen LogP contribution in [-0.4, -0.2) is 9.97 Å². The van der Waals surface area contributed by atoms with E-state index in [0.717, 1.165) is 3.57 Å². The lowest BCUT2D eigenvalue weighted by Crippen LogP contribution is -2.19. The molecule has 7 heteroatoms. The fourth-order valence-corrected chi connectivity index (χ4v) is 1.82. The summed E-state index contributed by atoms with van der Waals surface area (Å²) in [5, 5.41) is -0.104. The minimum atomic E-state index is -4.59. The summed E-state index contributed by atoms with van der Waals surface area (Å²) < 4.78 is 38.5. The van der Waals surface area contributed by atoms with Crippen molar-refractivity contribution in [2.75, 3.05) is 0 Å². The van der Waals surface area contributed by atoms with Crippen LogP contribution < -0.4 is 5.69 Å². The minimum absolute atomic E-state index is 0.0444. The first-order valence-electron chi connectivity index (χ1n) is 4.15. The number of rotatable bonds is 0. The summed E-state index contributed by atoms with van der Waals surface area (Å²) >= 11 is 1.94. The molecule has 0 unspecified atom stereocenters. The van der Waals surface area contributed by atoms with Crippen LogP contribution in [0.2, 0.25) is 0 Å². The first-order chi connectivity index (χ1) is 7.38. The van der Waals surface area contributed by atoms with E-state index >= 15 is 0 Å². The van der Waals surface area contributed by atoms with Gasteiger partial charge in [-0.25, -0.2) is 4.79 Å². The molecule has 2 aromatic rings. The van der Waals surface area contributed by atoms with Gasteiger partial charge in [0.15, 0.2) is 0 Å². The maximum Gasteiger partial charge on any atom is 0.432 e. The Balaban J connectivity index is 2.89. The van der Waals surface area contributed by atoms with Crippen LogP contribution in [0.4, 0.5) is 13.2 Å². The molecule has 0 saturated carbocycles. The molecule has 0 saturated heterocycles. The average molecular weight is 340 g/mol. The number of alkyl halides is 3. The minimum Gasteiger partial charge on any atom is -0.301 e. The van der Waals surface area contributed by atoms with E-state index in [4.69, 9.17) is 0 Å². The number of hydrogen-bond donors (Lipinski definition) is 1. The third kappa shape index (κ3) is 2.04. The molecule has 0 aliphatic heterocycles. The molecule has 3 nitrogen and oxygen atoms in total. The van der Waals surface area contributed by atoms with Gasteiger partial charge in [0.25, 0.3) is 0 Å². The van der Waals surface area contributed by atoms with Crippen LogP contribution in [0.5, 0.6) is 0 Å². The van der Waals surface area contributed by atoms with Crippen molar-refractivity contribution in [1.29, 1.82) is 0 Å². The fraction of sp³-hybridized carbons (Fsp3) is 0.111. The van der Waals surface area contributed by atoms with E-state index in [0.29, 0.717) is 0 Å². The molecule has 2 rings (SSSR count). The van der Waals surface area contributed by atoms with E-state index in [2.05, 4.69) is 4.98 Å². The van der Waals surface area contributed by atoms with Gasteiger partial charge in [0.2, 0.25) is 0 Å². The van der Waals surface area contributed by atoms with E-state index in [1.54, 1.807) is 4.98 Å². The number of nitrogens with zero attached hydrogens (tertiary/aromatic N) is 1. The van der Waals surface area contributed by atoms with Crippen molar-refractivity contribution in [2.24, 2.45) is 0 Å². The number of halogens is 4. The van der Waals surface area contributed by atoms with Crippen LogP contribution in [-0.2, 0) is 6.18 Å². The molecule has 0 amide bonds. The Bertz CT molecular complexity index is 606. The number of fused-ring (bicyclic) bond motifs is 1. The number of nitrogens with one attached hydrogen (secondary N) is 1. The smallest absolute Gasteiger partial charge is 0.301 e. The second-order valence-electron chi connectivity index (χ2n) is 3.08. The SMILES string of the molecule is O=c1nc2cc(I)ccc2c(C(F)(F)F)[nH]1. The Kier molecular flexibility index (Phi) is 2.64. The monoisotopic (exact) mass is 340 g/mol. The highest BCUT2D eigenvalue weighted by Gasteiger charge is 2.34. The second-order valence-corrected chi connectivity index (χ2v) is 4.32. The molecule has 1 heterocycles. The lowest BCUT2D eigenvalue weighted by molar-refractivity contribution is -0.140. The van der Waals surface area contributed by atoms with E-state index in [9.17, 15) is 18.0 Å². The highest BCUT2D eigenvalue weighted by molar-refractivity contribution is 14.1. The molecule has 0 spiro atoms. The van der Waals surface area contributed by atoms with E-state index in [-0.39, 0.29) is 10.9 Å². The number of hydrogen-bond acceptors (Lipinski definition) is 2. The molecule has 1 aromatic heterocycles. The maximum atomic E-state index is 12.6. The number of H-pyrrole nitrogens is 1. The van der Waals surface area contributed by atoms with E-state index in [1.807, 2.05) is 22.6 Å². The molecular weight excluding hydrogens is 336 g/mol. The molecule has 0 atom stereocenters. The fourth-order valence-electron chi connectivity index (χ4n) is 1.34. The zero-order chi connectivity index (χ0) is 11.9. The first kappa shape index (κ1) is 11.4. The molecule has 84 valence electrons. The van der Waals surface area contributed by atoms with Gasteiger partial charge in [-0.1, -0.05) is 0 Å². The summed E-state index contributed by atoms with van der Waals surface area (Å²) in [6.45, 7) is 0. The van der Waals surface area contributed by atoms with Crippen molar-refractivity contribution >= 4 is 33.5 Å². The number of aromatic nitrogens is 2. The van der Waals surface area contributed by atoms with Gasteiger partial charge >= 0.3 is 11.9 Å². The third-order valence-electron chi connectivity index (χ3n) is 1.97. The van der Waals surface area contributed by atoms with Crippen LogP contribution >= 0.6 is 22.6 Å². The van der Waals surface area contributed by atoms with Crippen molar-refractivity contribution < 1.29 is 13.2 Å². The van der Waals surface area contributed by atoms with Gasteiger partial charge in [-0.15, -0.1) is 0 Å². The summed E-state index contributed by atoms with van der Waals surface area (Å²) in [6.07, 6.45) is -4.59. The van der Waals surface area contributed by atoms with Gasteiger partial charge in [-0.3, -0.25) is 0 Å². The molecule has 0 aliphatic carbocycles. The van der Waals surface area contributed by atoms with E-state index in [1.165, 1.54) is 18.2 Å². The molecule has 0 radical (unpaired) electrons. The number of aromatic amines is 1. The van der Waals surface area contributed by atoms with Gasteiger partial charge in [-0.2, -0.15) is 18.2 Å². The molecular formula is C9H4F3IN2O. The van der Waals surface area contributed by atoms with Crippen molar-refractivity contribution in [3.05, 3.63) is 37.9 Å². The highest BCUT2D eigenvalue weighted by atomic mass is 127. The summed E-state index contributed by atoms with van der Waals surface area (Å²) in [6, 6.07) is 4.25. The number of benzene rings is 1. The zero-order valence-corrected chi connectivity index (χ0v) is 9.76. The quantitative estimate of drug-likeness (QED) is 0.750. The van der Waals surface area contributed by atoms with Crippen LogP contribution in [0, 0.1) is 3.57 Å². The predicted octanol–water partition coefficient (Wildman–Crippen LogP) is 2.55. The van der Waals surface area contributed by atoms with E-state index < -0.39 is 17.6 Å². The van der Waals surface area contributed by atoms with Crippen molar-refractivity contribution in [2.45, 2.75) is 6.18 Å². The lowest BCUT2D eigenvalue weighted by atomic mass is 10.2. The average Bonchev–Trinajstić information content (AvgIpc) is 2.14. The predicted molar refractivity (Wildman–Crippen MR) is 60.1 cm³/mol. The van der Waals surface area contributed by atoms with Crippen LogP contribution in [0.25, 0.3) is 10.9 Å². The van der Waals surface area contributed by atoms with Crippen LogP contribution in [0.15, 0.2) is 23.0 Å². The Morgan fingerprint density at radius 3 is 2.62 bits per heavy atom. The molecule has 0 fully saturated rings. The Hall–Kier alpha value is -1.12. The maximum absolute atomic E-state index is 12.6. The molecule has 16 heavy (non-hydrogen) atoms. The summed E-state index contributed by atoms with van der Waals surface area (Å²) in [4.78, 5) is 16.2. The Morgan fingerprint density at radius 1 is 1.31 bits per heavy atom. The summed E-state index contributed by atoms with van der Waals surface area (Å²) in [5.41, 5.74) is -2.01. The molecule has 1 N–H and O–H groups in total. The third-order valence-corrected chi connectivity index (χ3v) is 2.64. The van der Waals surface area contributed by atoms with Crippen molar-refractivity contribution in [1.82, 2.24) is 9.97 Å². The van der Waals surface area contributed by atoms with Gasteiger partial charge in [0, 0.05) is 8.96 Å². The topological polar surface area (TPSA) is 45.8 Å². The Morgan fingerprint density at radius 2 is 2.00 bits per heavy atom. The van der Waals surface area contributed by atoms with Crippen molar-refractivity contribution in [3.63, 3.8) is 0 Å². The summed E-state index contributed by atoms with van der Waals surface area (Å²) in [7, 11) is 0. The molecule has 0 aliphatic rings. The second kappa shape index (κ2) is 3.72. The lowest BCUT2D eigenvalue weighted by Gasteiger charge is -2.08. The summed E-state index contributed by atoms with van der Waals surface area (Å²) in [5.74, 6) is 0. The Labute approximate surface area is 101 Å². The molecule has 0 bridgehead atoms. The molecule has 1 aromatic carbocycles. The van der Waals surface area contributed by atoms with Gasteiger partial charge in [-0.05, 0) is 40.8 Å². The van der Waals surface area contributed by atoms with Gasteiger partial charge < -0.3 is 4.98 Å².